The summed E-state index contributed by atoms with van der Waals surface area (Å²) < 4.78 is 6.39. The second-order valence-electron chi connectivity index (χ2n) is 4.46. The zero-order valence-electron chi connectivity index (χ0n) is 9.56. The van der Waals surface area contributed by atoms with Gasteiger partial charge in [-0.05, 0) is 24.7 Å². The van der Waals surface area contributed by atoms with E-state index in [1.54, 1.807) is 11.7 Å². The Morgan fingerprint density at radius 3 is 2.88 bits per heavy atom. The van der Waals surface area contributed by atoms with Gasteiger partial charge in [0.1, 0.15) is 5.56 Å². The third kappa shape index (κ3) is 1.82. The van der Waals surface area contributed by atoms with Crippen LogP contribution in [0.5, 0.6) is 0 Å². The molecule has 2 rings (SSSR count). The monoisotopic (exact) mass is 224 g/mol. The Bertz CT molecular complexity index is 407. The number of nitrogens with zero attached hydrogens (tertiary/aromatic N) is 2. The van der Waals surface area contributed by atoms with Crippen molar-refractivity contribution in [3.8, 4) is 0 Å². The van der Waals surface area contributed by atoms with E-state index in [2.05, 4.69) is 5.10 Å². The number of hydrogen-bond donors (Lipinski definition) is 1. The summed E-state index contributed by atoms with van der Waals surface area (Å²) in [7, 11) is 3.16. The van der Waals surface area contributed by atoms with Crippen molar-refractivity contribution in [2.75, 3.05) is 13.7 Å². The van der Waals surface area contributed by atoms with Gasteiger partial charge in [0.05, 0.1) is 19.0 Å². The lowest BCUT2D eigenvalue weighted by Crippen LogP contribution is -2.16. The molecule has 1 N–H and O–H groups in total. The molecule has 1 aromatic rings. The fraction of sp³-hybridized carbons (Fsp3) is 0.636. The number of aryl methyl sites for hydroxylation is 1. The zero-order chi connectivity index (χ0) is 11.8. The summed E-state index contributed by atoms with van der Waals surface area (Å²) in [6.45, 7) is 0.165. The molecule has 0 radical (unpaired) electrons. The predicted molar refractivity (Wildman–Crippen MR) is 57.0 cm³/mol. The van der Waals surface area contributed by atoms with Gasteiger partial charge in [0.15, 0.2) is 0 Å². The Kier molecular flexibility index (Phi) is 2.71. The molecule has 1 saturated carbocycles. The average Bonchev–Trinajstić information content (AvgIpc) is 2.99. The highest BCUT2D eigenvalue weighted by Gasteiger charge is 2.43. The molecule has 0 aliphatic heterocycles. The topological polar surface area (TPSA) is 64.3 Å². The van der Waals surface area contributed by atoms with E-state index in [0.717, 1.165) is 18.5 Å². The Labute approximate surface area is 94.0 Å². The Hall–Kier alpha value is -1.36. The van der Waals surface area contributed by atoms with Crippen molar-refractivity contribution < 1.29 is 14.6 Å². The lowest BCUT2D eigenvalue weighted by atomic mass is 9.99. The number of esters is 1. The second kappa shape index (κ2) is 3.90. The number of carbonyl (C=O) groups excluding carboxylic acids is 1. The molecule has 0 unspecified atom stereocenters. The number of aliphatic hydroxyl groups is 1. The fourth-order valence-corrected chi connectivity index (χ4v) is 1.88. The Morgan fingerprint density at radius 2 is 2.38 bits per heavy atom. The summed E-state index contributed by atoms with van der Waals surface area (Å²) in [6.07, 6.45) is 4.23. The largest absolute Gasteiger partial charge is 0.465 e. The number of hydrogen-bond acceptors (Lipinski definition) is 4. The normalized spacial score (nSPS) is 17.2. The van der Waals surface area contributed by atoms with Gasteiger partial charge in [-0.15, -0.1) is 0 Å². The first-order valence-electron chi connectivity index (χ1n) is 5.32. The van der Waals surface area contributed by atoms with Crippen molar-refractivity contribution in [3.63, 3.8) is 0 Å². The van der Waals surface area contributed by atoms with Crippen molar-refractivity contribution in [3.05, 3.63) is 17.5 Å². The van der Waals surface area contributed by atoms with Crippen LogP contribution in [-0.2, 0) is 18.2 Å². The van der Waals surface area contributed by atoms with Crippen LogP contribution in [0.2, 0.25) is 0 Å². The molecule has 1 aliphatic rings. The Morgan fingerprint density at radius 1 is 1.69 bits per heavy atom. The second-order valence-corrected chi connectivity index (χ2v) is 4.46. The molecule has 1 heterocycles. The molecule has 0 atom stereocenters. The van der Waals surface area contributed by atoms with E-state index < -0.39 is 0 Å². The molecule has 0 amide bonds. The van der Waals surface area contributed by atoms with E-state index in [-0.39, 0.29) is 18.0 Å². The van der Waals surface area contributed by atoms with Crippen LogP contribution in [-0.4, -0.2) is 34.6 Å². The fourth-order valence-electron chi connectivity index (χ4n) is 1.88. The number of carbonyl (C=O) groups is 1. The molecule has 5 heteroatoms. The van der Waals surface area contributed by atoms with Gasteiger partial charge in [-0.2, -0.15) is 5.10 Å². The van der Waals surface area contributed by atoms with Gasteiger partial charge in [-0.25, -0.2) is 4.79 Å². The minimum Gasteiger partial charge on any atom is -0.465 e. The summed E-state index contributed by atoms with van der Waals surface area (Å²) in [5.41, 5.74) is 1.32. The summed E-state index contributed by atoms with van der Waals surface area (Å²) >= 11 is 0. The first-order valence-corrected chi connectivity index (χ1v) is 5.32. The zero-order valence-corrected chi connectivity index (χ0v) is 9.56. The number of aromatic nitrogens is 2. The van der Waals surface area contributed by atoms with Crippen molar-refractivity contribution >= 4 is 5.97 Å². The summed E-state index contributed by atoms with van der Waals surface area (Å²) in [5.74, 6) is -0.364. The van der Waals surface area contributed by atoms with E-state index in [1.165, 1.54) is 13.3 Å². The predicted octanol–water partition coefficient (Wildman–Crippen LogP) is 0.522. The van der Waals surface area contributed by atoms with Gasteiger partial charge in [-0.1, -0.05) is 0 Å². The number of ether oxygens (including phenoxy) is 1. The van der Waals surface area contributed by atoms with E-state index >= 15 is 0 Å². The number of methoxy groups -OCH3 is 1. The van der Waals surface area contributed by atoms with Crippen LogP contribution in [0.1, 0.15) is 28.9 Å². The molecule has 1 aliphatic carbocycles. The van der Waals surface area contributed by atoms with Gasteiger partial charge in [0.2, 0.25) is 0 Å². The summed E-state index contributed by atoms with van der Waals surface area (Å²) in [4.78, 5) is 11.5. The third-order valence-electron chi connectivity index (χ3n) is 3.30. The van der Waals surface area contributed by atoms with Crippen LogP contribution in [0.4, 0.5) is 0 Å². The van der Waals surface area contributed by atoms with Gasteiger partial charge in [0, 0.05) is 13.7 Å². The van der Waals surface area contributed by atoms with E-state index in [0.29, 0.717) is 12.0 Å². The maximum atomic E-state index is 11.5. The molecule has 88 valence electrons. The third-order valence-corrected chi connectivity index (χ3v) is 3.30. The van der Waals surface area contributed by atoms with Gasteiger partial charge < -0.3 is 9.84 Å². The standard InChI is InChI=1S/C11H16N2O3/c1-13-9(5-11(7-14)3-4-11)8(6-12-13)10(15)16-2/h6,14H,3-5,7H2,1-2H3. The molecular weight excluding hydrogens is 208 g/mol. The molecule has 16 heavy (non-hydrogen) atoms. The van der Waals surface area contributed by atoms with Crippen LogP contribution in [0.3, 0.4) is 0 Å². The SMILES string of the molecule is COC(=O)c1cnn(C)c1CC1(CO)CC1. The molecule has 1 aromatic heterocycles. The number of rotatable bonds is 4. The minimum absolute atomic E-state index is 0.0312. The molecule has 0 aromatic carbocycles. The molecule has 0 spiro atoms. The first-order chi connectivity index (χ1) is 7.62. The smallest absolute Gasteiger partial charge is 0.341 e. The van der Waals surface area contributed by atoms with Crippen LogP contribution in [0, 0.1) is 5.41 Å². The van der Waals surface area contributed by atoms with Gasteiger partial charge in [0.25, 0.3) is 0 Å². The summed E-state index contributed by atoms with van der Waals surface area (Å²) in [6, 6.07) is 0. The minimum atomic E-state index is -0.364. The number of aliphatic hydroxyl groups excluding tert-OH is 1. The van der Waals surface area contributed by atoms with Crippen molar-refractivity contribution in [1.82, 2.24) is 9.78 Å². The van der Waals surface area contributed by atoms with Gasteiger partial charge in [-0.3, -0.25) is 4.68 Å². The van der Waals surface area contributed by atoms with Crippen molar-refractivity contribution in [1.29, 1.82) is 0 Å². The molecule has 0 saturated heterocycles. The lowest BCUT2D eigenvalue weighted by molar-refractivity contribution is 0.0598. The molecule has 1 fully saturated rings. The quantitative estimate of drug-likeness (QED) is 0.757. The highest BCUT2D eigenvalue weighted by atomic mass is 16.5. The molecule has 0 bridgehead atoms. The van der Waals surface area contributed by atoms with Crippen LogP contribution >= 0.6 is 0 Å². The molecule has 5 nitrogen and oxygen atoms in total. The highest BCUT2D eigenvalue weighted by Crippen LogP contribution is 2.48. The van der Waals surface area contributed by atoms with E-state index in [1.807, 2.05) is 0 Å². The first kappa shape index (κ1) is 11.1. The van der Waals surface area contributed by atoms with E-state index in [9.17, 15) is 9.90 Å². The summed E-state index contributed by atoms with van der Waals surface area (Å²) in [5, 5.41) is 13.4. The molecular formula is C11H16N2O3. The van der Waals surface area contributed by atoms with Crippen LogP contribution in [0.15, 0.2) is 6.20 Å². The van der Waals surface area contributed by atoms with Crippen LogP contribution in [0.25, 0.3) is 0 Å². The maximum Gasteiger partial charge on any atom is 0.341 e. The van der Waals surface area contributed by atoms with E-state index in [4.69, 9.17) is 4.74 Å². The average molecular weight is 224 g/mol. The Balaban J connectivity index is 2.25. The lowest BCUT2D eigenvalue weighted by Gasteiger charge is -2.12. The van der Waals surface area contributed by atoms with Crippen molar-refractivity contribution in [2.24, 2.45) is 12.5 Å². The maximum absolute atomic E-state index is 11.5. The highest BCUT2D eigenvalue weighted by molar-refractivity contribution is 5.90. The van der Waals surface area contributed by atoms with Gasteiger partial charge >= 0.3 is 5.97 Å². The van der Waals surface area contributed by atoms with Crippen LogP contribution < -0.4 is 0 Å². The van der Waals surface area contributed by atoms with Crippen molar-refractivity contribution in [2.45, 2.75) is 19.3 Å².